The van der Waals surface area contributed by atoms with E-state index in [1.807, 2.05) is 34.9 Å². The van der Waals surface area contributed by atoms with E-state index < -0.39 is 0 Å². The maximum atomic E-state index is 9.48. The van der Waals surface area contributed by atoms with Crippen LogP contribution < -0.4 is 0 Å². The molecule has 4 nitrogen and oxygen atoms in total. The van der Waals surface area contributed by atoms with Gasteiger partial charge in [-0.05, 0) is 30.9 Å². The molecule has 2 aromatic rings. The van der Waals surface area contributed by atoms with Crippen molar-refractivity contribution in [1.82, 2.24) is 14.8 Å². The van der Waals surface area contributed by atoms with Gasteiger partial charge in [0.2, 0.25) is 0 Å². The Morgan fingerprint density at radius 3 is 2.63 bits per heavy atom. The van der Waals surface area contributed by atoms with Crippen LogP contribution in [0.5, 0.6) is 0 Å². The van der Waals surface area contributed by atoms with Gasteiger partial charge < -0.3 is 5.11 Å². The van der Waals surface area contributed by atoms with Crippen molar-refractivity contribution in [3.05, 3.63) is 42.0 Å². The highest BCUT2D eigenvalue weighted by atomic mass is 16.3. The summed E-state index contributed by atoms with van der Waals surface area (Å²) < 4.78 is 2.02. The lowest BCUT2D eigenvalue weighted by atomic mass is 9.97. The van der Waals surface area contributed by atoms with Gasteiger partial charge in [0.25, 0.3) is 0 Å². The smallest absolute Gasteiger partial charge is 0.163 e. The van der Waals surface area contributed by atoms with Crippen LogP contribution in [0.4, 0.5) is 0 Å². The first-order valence-corrected chi connectivity index (χ1v) is 6.91. The topological polar surface area (TPSA) is 50.9 Å². The molecule has 1 aliphatic rings. The van der Waals surface area contributed by atoms with Crippen molar-refractivity contribution >= 4 is 0 Å². The molecule has 0 radical (unpaired) electrons. The highest BCUT2D eigenvalue weighted by molar-refractivity contribution is 5.34. The Morgan fingerprint density at radius 2 is 2.00 bits per heavy atom. The Bertz CT molecular complexity index is 550. The molecule has 0 spiro atoms. The third-order valence-electron chi connectivity index (χ3n) is 4.10. The Morgan fingerprint density at radius 1 is 1.21 bits per heavy atom. The lowest BCUT2D eigenvalue weighted by Crippen LogP contribution is -2.12. The molecule has 4 heteroatoms. The van der Waals surface area contributed by atoms with E-state index in [0.29, 0.717) is 17.7 Å². The van der Waals surface area contributed by atoms with Crippen LogP contribution in [0, 0.1) is 5.92 Å². The van der Waals surface area contributed by atoms with Crippen molar-refractivity contribution in [2.24, 2.45) is 5.92 Å². The summed E-state index contributed by atoms with van der Waals surface area (Å²) in [6.07, 6.45) is 3.67. The second-order valence-electron chi connectivity index (χ2n) is 5.32. The molecule has 1 saturated carbocycles. The zero-order valence-corrected chi connectivity index (χ0v) is 11.2. The molecule has 0 saturated heterocycles. The van der Waals surface area contributed by atoms with Gasteiger partial charge in [-0.15, -0.1) is 10.2 Å². The number of nitrogens with zero attached hydrogens (tertiary/aromatic N) is 3. The molecule has 1 aromatic carbocycles. The molecule has 0 aliphatic heterocycles. The average molecular weight is 257 g/mol. The number of hydrogen-bond acceptors (Lipinski definition) is 3. The number of benzene rings is 1. The van der Waals surface area contributed by atoms with E-state index in [1.165, 1.54) is 12.8 Å². The average Bonchev–Trinajstić information content (AvgIpc) is 3.05. The molecule has 1 heterocycles. The van der Waals surface area contributed by atoms with Crippen LogP contribution in [-0.4, -0.2) is 19.9 Å². The van der Waals surface area contributed by atoms with Crippen LogP contribution in [0.25, 0.3) is 5.69 Å². The van der Waals surface area contributed by atoms with Crippen LogP contribution in [-0.2, 0) is 6.61 Å². The quantitative estimate of drug-likeness (QED) is 0.919. The van der Waals surface area contributed by atoms with E-state index in [1.54, 1.807) is 0 Å². The fraction of sp³-hybridized carbons (Fsp3) is 0.467. The Balaban J connectivity index is 2.08. The minimum atomic E-state index is -0.0804. The molecular weight excluding hydrogens is 238 g/mol. The van der Waals surface area contributed by atoms with Crippen LogP contribution in [0.1, 0.15) is 43.8 Å². The first-order valence-electron chi connectivity index (χ1n) is 6.91. The molecule has 3 rings (SSSR count). The van der Waals surface area contributed by atoms with E-state index in [-0.39, 0.29) is 6.61 Å². The Kier molecular flexibility index (Phi) is 3.34. The SMILES string of the molecule is CC1CCCC1c1nnc(CO)n1-c1ccccc1. The van der Waals surface area contributed by atoms with Crippen LogP contribution in [0.2, 0.25) is 0 Å². The number of aliphatic hydroxyl groups is 1. The summed E-state index contributed by atoms with van der Waals surface area (Å²) in [5.41, 5.74) is 1.03. The van der Waals surface area contributed by atoms with Crippen molar-refractivity contribution in [3.8, 4) is 5.69 Å². The summed E-state index contributed by atoms with van der Waals surface area (Å²) >= 11 is 0. The molecular formula is C15H19N3O. The normalized spacial score (nSPS) is 22.8. The van der Waals surface area contributed by atoms with Gasteiger partial charge in [-0.3, -0.25) is 4.57 Å². The maximum absolute atomic E-state index is 9.48. The maximum Gasteiger partial charge on any atom is 0.163 e. The summed E-state index contributed by atoms with van der Waals surface area (Å²) in [4.78, 5) is 0. The predicted octanol–water partition coefficient (Wildman–Crippen LogP) is 2.66. The first kappa shape index (κ1) is 12.4. The molecule has 100 valence electrons. The summed E-state index contributed by atoms with van der Waals surface area (Å²) in [6, 6.07) is 10.1. The van der Waals surface area contributed by atoms with Crippen molar-refractivity contribution < 1.29 is 5.11 Å². The zero-order valence-electron chi connectivity index (χ0n) is 11.2. The highest BCUT2D eigenvalue weighted by Crippen LogP contribution is 2.39. The fourth-order valence-corrected chi connectivity index (χ4v) is 3.06. The second kappa shape index (κ2) is 5.13. The minimum absolute atomic E-state index is 0.0804. The lowest BCUT2D eigenvalue weighted by Gasteiger charge is -2.17. The number of para-hydroxylation sites is 1. The lowest BCUT2D eigenvalue weighted by molar-refractivity contribution is 0.268. The zero-order chi connectivity index (χ0) is 13.2. The number of aromatic nitrogens is 3. The molecule has 2 atom stereocenters. The van der Waals surface area contributed by atoms with Gasteiger partial charge in [0, 0.05) is 11.6 Å². The van der Waals surface area contributed by atoms with Crippen LogP contribution in [0.3, 0.4) is 0 Å². The van der Waals surface area contributed by atoms with Gasteiger partial charge in [-0.2, -0.15) is 0 Å². The largest absolute Gasteiger partial charge is 0.388 e. The summed E-state index contributed by atoms with van der Waals surface area (Å²) in [6.45, 7) is 2.20. The molecule has 0 amide bonds. The van der Waals surface area contributed by atoms with Gasteiger partial charge in [-0.1, -0.05) is 31.5 Å². The van der Waals surface area contributed by atoms with Gasteiger partial charge in [0.1, 0.15) is 12.4 Å². The number of rotatable bonds is 3. The molecule has 19 heavy (non-hydrogen) atoms. The minimum Gasteiger partial charge on any atom is -0.388 e. The summed E-state index contributed by atoms with van der Waals surface area (Å²) in [5.74, 6) is 2.71. The number of aliphatic hydroxyl groups excluding tert-OH is 1. The van der Waals surface area contributed by atoms with E-state index in [9.17, 15) is 5.11 Å². The van der Waals surface area contributed by atoms with E-state index in [2.05, 4.69) is 17.1 Å². The third kappa shape index (κ3) is 2.16. The van der Waals surface area contributed by atoms with Crippen LogP contribution >= 0.6 is 0 Å². The van der Waals surface area contributed by atoms with Gasteiger partial charge >= 0.3 is 0 Å². The van der Waals surface area contributed by atoms with Crippen LogP contribution in [0.15, 0.2) is 30.3 Å². The van der Waals surface area contributed by atoms with E-state index >= 15 is 0 Å². The van der Waals surface area contributed by atoms with Gasteiger partial charge in [0.15, 0.2) is 5.82 Å². The molecule has 1 N–H and O–H groups in total. The summed E-state index contributed by atoms with van der Waals surface area (Å²) in [5, 5.41) is 18.0. The van der Waals surface area contributed by atoms with Crippen molar-refractivity contribution in [3.63, 3.8) is 0 Å². The third-order valence-corrected chi connectivity index (χ3v) is 4.10. The Labute approximate surface area is 113 Å². The fourth-order valence-electron chi connectivity index (χ4n) is 3.06. The number of hydrogen-bond donors (Lipinski definition) is 1. The highest BCUT2D eigenvalue weighted by Gasteiger charge is 2.30. The second-order valence-corrected chi connectivity index (χ2v) is 5.32. The van der Waals surface area contributed by atoms with Crippen molar-refractivity contribution in [2.45, 2.75) is 38.7 Å². The first-order chi connectivity index (χ1) is 9.31. The standard InChI is InChI=1S/C15H19N3O/c1-11-6-5-9-13(11)15-17-16-14(10-19)18(15)12-7-3-2-4-8-12/h2-4,7-8,11,13,19H,5-6,9-10H2,1H3. The predicted molar refractivity (Wildman–Crippen MR) is 73.0 cm³/mol. The monoisotopic (exact) mass is 257 g/mol. The van der Waals surface area contributed by atoms with E-state index in [0.717, 1.165) is 17.9 Å². The molecule has 0 bridgehead atoms. The Hall–Kier alpha value is -1.68. The van der Waals surface area contributed by atoms with Crippen molar-refractivity contribution in [1.29, 1.82) is 0 Å². The molecule has 2 unspecified atom stereocenters. The van der Waals surface area contributed by atoms with Gasteiger partial charge in [-0.25, -0.2) is 0 Å². The molecule has 1 aromatic heterocycles. The van der Waals surface area contributed by atoms with Gasteiger partial charge in [0.05, 0.1) is 0 Å². The molecule has 1 fully saturated rings. The summed E-state index contributed by atoms with van der Waals surface area (Å²) in [7, 11) is 0. The van der Waals surface area contributed by atoms with E-state index in [4.69, 9.17) is 0 Å². The molecule has 1 aliphatic carbocycles. The van der Waals surface area contributed by atoms with Crippen molar-refractivity contribution in [2.75, 3.05) is 0 Å².